The van der Waals surface area contributed by atoms with Gasteiger partial charge in [-0.25, -0.2) is 0 Å². The fraction of sp³-hybridized carbons (Fsp3) is 1.00. The molecule has 0 aromatic carbocycles. The van der Waals surface area contributed by atoms with Crippen LogP contribution in [0.4, 0.5) is 0 Å². The molecule has 0 saturated heterocycles. The van der Waals surface area contributed by atoms with Crippen molar-refractivity contribution in [2.45, 2.75) is 32.1 Å². The average Bonchev–Trinajstić information content (AvgIpc) is 2.26. The molecule has 1 aliphatic carbocycles. The van der Waals surface area contributed by atoms with Crippen LogP contribution >= 0.6 is 11.9 Å². The van der Waals surface area contributed by atoms with Gasteiger partial charge in [0, 0.05) is 6.61 Å². The second-order valence-electron chi connectivity index (χ2n) is 3.90. The Morgan fingerprint density at radius 2 is 1.87 bits per heavy atom. The Balaban J connectivity index is 2.06. The highest BCUT2D eigenvalue weighted by molar-refractivity contribution is 7.87. The smallest absolute Gasteiger partial charge is 0.285 e. The monoisotopic (exact) mass is 256 g/mol. The van der Waals surface area contributed by atoms with Gasteiger partial charge in [-0.2, -0.15) is 12.2 Å². The van der Waals surface area contributed by atoms with Crippen LogP contribution in [0.5, 0.6) is 0 Å². The van der Waals surface area contributed by atoms with Crippen LogP contribution in [0.2, 0.25) is 0 Å². The molecule has 0 amide bonds. The summed E-state index contributed by atoms with van der Waals surface area (Å²) in [5, 5.41) is 0. The molecule has 1 aliphatic rings. The van der Waals surface area contributed by atoms with Gasteiger partial charge in [-0.1, -0.05) is 19.3 Å². The topological polar surface area (TPSA) is 52.6 Å². The van der Waals surface area contributed by atoms with E-state index in [-0.39, 0.29) is 12.4 Å². The van der Waals surface area contributed by atoms with Gasteiger partial charge in [-0.3, -0.25) is 0 Å². The molecule has 0 unspecified atom stereocenters. The van der Waals surface area contributed by atoms with Gasteiger partial charge in [-0.05, 0) is 18.8 Å². The minimum atomic E-state index is -3.58. The average molecular weight is 257 g/mol. The highest BCUT2D eigenvalue weighted by Gasteiger charge is 2.14. The zero-order chi connectivity index (χ0) is 11.1. The summed E-state index contributed by atoms with van der Waals surface area (Å²) in [5.41, 5.74) is 0. The van der Waals surface area contributed by atoms with Crippen LogP contribution < -0.4 is 0 Å². The van der Waals surface area contributed by atoms with Crippen LogP contribution in [0.1, 0.15) is 32.1 Å². The number of rotatable bonds is 6. The lowest BCUT2D eigenvalue weighted by atomic mass is 9.90. The summed E-state index contributed by atoms with van der Waals surface area (Å²) >= 11 is 4.78. The molecular weight excluding hydrogens is 240 g/mol. The van der Waals surface area contributed by atoms with Crippen molar-refractivity contribution in [1.82, 2.24) is 0 Å². The Morgan fingerprint density at radius 1 is 1.20 bits per heavy atom. The van der Waals surface area contributed by atoms with Crippen molar-refractivity contribution in [3.05, 3.63) is 0 Å². The van der Waals surface area contributed by atoms with E-state index in [0.29, 0.717) is 12.5 Å². The lowest BCUT2D eigenvalue weighted by Crippen LogP contribution is -2.17. The van der Waals surface area contributed by atoms with Gasteiger partial charge < -0.3 is 4.74 Å². The molecule has 0 aromatic heterocycles. The maximum atomic E-state index is 10.8. The third-order valence-corrected chi connectivity index (χ3v) is 4.09. The first kappa shape index (κ1) is 13.2. The van der Waals surface area contributed by atoms with Crippen molar-refractivity contribution in [2.24, 2.45) is 5.92 Å². The third kappa shape index (κ3) is 5.70. The highest BCUT2D eigenvalue weighted by Crippen LogP contribution is 2.23. The van der Waals surface area contributed by atoms with Crippen molar-refractivity contribution in [2.75, 3.05) is 19.0 Å². The second kappa shape index (κ2) is 6.68. The first-order chi connectivity index (χ1) is 7.14. The van der Waals surface area contributed by atoms with E-state index in [1.54, 1.807) is 0 Å². The van der Waals surface area contributed by atoms with Gasteiger partial charge >= 0.3 is 0 Å². The minimum absolute atomic E-state index is 0.158. The Labute approximate surface area is 96.2 Å². The summed E-state index contributed by atoms with van der Waals surface area (Å²) in [6.45, 7) is 0.809. The number of hydrogen-bond donors (Lipinski definition) is 0. The molecule has 1 rings (SSSR count). The van der Waals surface area contributed by atoms with Crippen LogP contribution in [-0.2, 0) is 18.6 Å². The van der Waals surface area contributed by atoms with Gasteiger partial charge in [-0.15, -0.1) is 0 Å². The second-order valence-corrected chi connectivity index (χ2v) is 5.93. The first-order valence-corrected chi connectivity index (χ1v) is 7.13. The van der Waals surface area contributed by atoms with Crippen LogP contribution in [0.15, 0.2) is 0 Å². The van der Waals surface area contributed by atoms with E-state index < -0.39 is 10.1 Å². The number of hydrogen-bond acceptors (Lipinski definition) is 4. The third-order valence-electron chi connectivity index (χ3n) is 2.65. The molecule has 1 fully saturated rings. The van der Waals surface area contributed by atoms with E-state index in [1.165, 1.54) is 32.1 Å². The molecule has 0 aromatic rings. The van der Waals surface area contributed by atoms with Gasteiger partial charge in [0.15, 0.2) is 0 Å². The van der Waals surface area contributed by atoms with E-state index >= 15 is 0 Å². The largest absolute Gasteiger partial charge is 0.380 e. The fourth-order valence-electron chi connectivity index (χ4n) is 1.80. The van der Waals surface area contributed by atoms with Gasteiger partial charge in [0.05, 0.1) is 18.5 Å². The van der Waals surface area contributed by atoms with E-state index in [2.05, 4.69) is 3.74 Å². The van der Waals surface area contributed by atoms with E-state index in [9.17, 15) is 8.42 Å². The van der Waals surface area contributed by atoms with E-state index in [0.717, 1.165) is 0 Å². The van der Waals surface area contributed by atoms with Crippen molar-refractivity contribution in [3.8, 4) is 0 Å². The van der Waals surface area contributed by atoms with Crippen LogP contribution in [-0.4, -0.2) is 27.4 Å². The summed E-state index contributed by atoms with van der Waals surface area (Å²) in [6.07, 6.45) is 6.22. The van der Waals surface area contributed by atoms with Gasteiger partial charge in [0.1, 0.15) is 5.75 Å². The highest BCUT2D eigenvalue weighted by atomic mass is 35.5. The zero-order valence-corrected chi connectivity index (χ0v) is 10.2. The Morgan fingerprint density at radius 3 is 2.47 bits per heavy atom. The molecule has 1 saturated carbocycles. The number of ether oxygens (including phenoxy) is 1. The maximum Gasteiger partial charge on any atom is 0.285 e. The molecule has 15 heavy (non-hydrogen) atoms. The molecule has 0 radical (unpaired) electrons. The summed E-state index contributed by atoms with van der Waals surface area (Å²) < 4.78 is 30.7. The Kier molecular flexibility index (Phi) is 5.89. The molecule has 0 spiro atoms. The first-order valence-electron chi connectivity index (χ1n) is 5.25. The van der Waals surface area contributed by atoms with Gasteiger partial charge in [0.25, 0.3) is 10.1 Å². The van der Waals surface area contributed by atoms with Crippen molar-refractivity contribution >= 4 is 22.0 Å². The molecule has 0 bridgehead atoms. The molecule has 90 valence electrons. The quantitative estimate of drug-likeness (QED) is 0.683. The molecule has 4 nitrogen and oxygen atoms in total. The molecular formula is C9H17ClO4S. The van der Waals surface area contributed by atoms with E-state index in [1.807, 2.05) is 0 Å². The summed E-state index contributed by atoms with van der Waals surface area (Å²) in [5.74, 6) is 0.418. The summed E-state index contributed by atoms with van der Waals surface area (Å²) in [7, 11) is -3.58. The predicted octanol–water partition coefficient (Wildman–Crippen LogP) is 2.08. The molecule has 0 aliphatic heterocycles. The van der Waals surface area contributed by atoms with Crippen LogP contribution in [0.25, 0.3) is 0 Å². The standard InChI is InChI=1S/C9H17ClO4S/c10-14-15(11,12)7-6-13-8-9-4-2-1-3-5-9/h9H,1-8H2. The summed E-state index contributed by atoms with van der Waals surface area (Å²) in [4.78, 5) is 0. The molecule has 6 heteroatoms. The zero-order valence-electron chi connectivity index (χ0n) is 8.65. The SMILES string of the molecule is O=S(=O)(CCOCC1CCCCC1)OCl. The van der Waals surface area contributed by atoms with E-state index in [4.69, 9.17) is 16.6 Å². The van der Waals surface area contributed by atoms with Gasteiger partial charge in [0.2, 0.25) is 0 Å². The Bertz CT molecular complexity index is 259. The van der Waals surface area contributed by atoms with Crippen molar-refractivity contribution < 1.29 is 16.9 Å². The summed E-state index contributed by atoms with van der Waals surface area (Å²) in [6, 6.07) is 0. The minimum Gasteiger partial charge on any atom is -0.380 e. The lowest BCUT2D eigenvalue weighted by molar-refractivity contribution is 0.0955. The Hall–Kier alpha value is 0.160. The maximum absolute atomic E-state index is 10.8. The normalized spacial score (nSPS) is 19.3. The number of halogens is 1. The predicted molar refractivity (Wildman–Crippen MR) is 58.1 cm³/mol. The lowest BCUT2D eigenvalue weighted by Gasteiger charge is -2.21. The molecule has 0 heterocycles. The fourth-order valence-corrected chi connectivity index (χ4v) is 2.37. The van der Waals surface area contributed by atoms with Crippen LogP contribution in [0.3, 0.4) is 0 Å². The van der Waals surface area contributed by atoms with Crippen LogP contribution in [0, 0.1) is 5.92 Å². The molecule has 0 N–H and O–H groups in total. The van der Waals surface area contributed by atoms with Crippen molar-refractivity contribution in [1.29, 1.82) is 0 Å². The molecule has 0 atom stereocenters. The van der Waals surface area contributed by atoms with Crippen molar-refractivity contribution in [3.63, 3.8) is 0 Å².